The summed E-state index contributed by atoms with van der Waals surface area (Å²) in [5.74, 6) is 1.16. The van der Waals surface area contributed by atoms with Crippen molar-refractivity contribution in [1.82, 2.24) is 5.01 Å². The van der Waals surface area contributed by atoms with Crippen molar-refractivity contribution in [3.63, 3.8) is 0 Å². The first kappa shape index (κ1) is 17.3. The number of ether oxygens (including phenoxy) is 1. The summed E-state index contributed by atoms with van der Waals surface area (Å²) in [6.07, 6.45) is 2.40. The monoisotopic (exact) mass is 412 g/mol. The van der Waals surface area contributed by atoms with E-state index in [1.54, 1.807) is 12.1 Å². The number of carbonyl (C=O) groups is 1. The molecule has 0 radical (unpaired) electrons. The van der Waals surface area contributed by atoms with E-state index >= 15 is 0 Å². The van der Waals surface area contributed by atoms with Crippen molar-refractivity contribution in [2.75, 3.05) is 7.11 Å². The lowest BCUT2D eigenvalue weighted by atomic mass is 9.77. The molecule has 134 valence electrons. The maximum absolute atomic E-state index is 12.6. The summed E-state index contributed by atoms with van der Waals surface area (Å²) >= 11 is 3.49. The van der Waals surface area contributed by atoms with Gasteiger partial charge in [0.25, 0.3) is 0 Å². The van der Waals surface area contributed by atoms with Crippen LogP contribution in [0.25, 0.3) is 0 Å². The zero-order valence-corrected chi connectivity index (χ0v) is 16.5. The fraction of sp³-hybridized carbons (Fsp3) is 0.333. The normalized spacial score (nSPS) is 21.0. The minimum absolute atomic E-state index is 0.0270. The SMILES string of the molecule is CCC(=O)N1N=C2c3ccc(OC)cc3CCC2C1c1ccc(Br)cc1. The van der Waals surface area contributed by atoms with Crippen molar-refractivity contribution < 1.29 is 9.53 Å². The van der Waals surface area contributed by atoms with Crippen LogP contribution in [0.2, 0.25) is 0 Å². The molecule has 1 aliphatic carbocycles. The smallest absolute Gasteiger partial charge is 0.242 e. The van der Waals surface area contributed by atoms with Crippen molar-refractivity contribution >= 4 is 27.5 Å². The van der Waals surface area contributed by atoms with E-state index in [9.17, 15) is 4.79 Å². The van der Waals surface area contributed by atoms with Crippen LogP contribution in [0.3, 0.4) is 0 Å². The summed E-state index contributed by atoms with van der Waals surface area (Å²) in [6.45, 7) is 1.89. The molecule has 2 unspecified atom stereocenters. The number of rotatable bonds is 3. The summed E-state index contributed by atoms with van der Waals surface area (Å²) in [7, 11) is 1.69. The molecule has 4 rings (SSSR count). The van der Waals surface area contributed by atoms with Gasteiger partial charge in [-0.1, -0.05) is 35.0 Å². The van der Waals surface area contributed by atoms with Gasteiger partial charge in [0.1, 0.15) is 5.75 Å². The quantitative estimate of drug-likeness (QED) is 0.731. The number of amides is 1. The third kappa shape index (κ3) is 2.84. The lowest BCUT2D eigenvalue weighted by Crippen LogP contribution is -2.31. The molecule has 0 aromatic heterocycles. The van der Waals surface area contributed by atoms with Crippen molar-refractivity contribution in [3.05, 3.63) is 63.6 Å². The number of hydrogen-bond acceptors (Lipinski definition) is 3. The molecule has 2 atom stereocenters. The van der Waals surface area contributed by atoms with Crippen LogP contribution in [-0.2, 0) is 11.2 Å². The van der Waals surface area contributed by atoms with Crippen LogP contribution >= 0.6 is 15.9 Å². The fourth-order valence-corrected chi connectivity index (χ4v) is 4.26. The highest BCUT2D eigenvalue weighted by atomic mass is 79.9. The third-order valence-electron chi connectivity index (χ3n) is 5.29. The first-order valence-corrected chi connectivity index (χ1v) is 9.75. The maximum atomic E-state index is 12.6. The number of methoxy groups -OCH3 is 1. The lowest BCUT2D eigenvalue weighted by Gasteiger charge is -2.29. The topological polar surface area (TPSA) is 41.9 Å². The van der Waals surface area contributed by atoms with Gasteiger partial charge in [-0.15, -0.1) is 0 Å². The molecule has 0 N–H and O–H groups in total. The number of aryl methyl sites for hydroxylation is 1. The Bertz CT molecular complexity index is 876. The Kier molecular flexibility index (Phi) is 4.57. The van der Waals surface area contributed by atoms with E-state index in [2.05, 4.69) is 40.2 Å². The van der Waals surface area contributed by atoms with E-state index in [1.165, 1.54) is 5.56 Å². The largest absolute Gasteiger partial charge is 0.497 e. The van der Waals surface area contributed by atoms with Crippen LogP contribution < -0.4 is 4.74 Å². The van der Waals surface area contributed by atoms with Gasteiger partial charge in [-0.25, -0.2) is 5.01 Å². The number of hydrogen-bond donors (Lipinski definition) is 0. The summed E-state index contributed by atoms with van der Waals surface area (Å²) in [4.78, 5) is 12.6. The van der Waals surface area contributed by atoms with Crippen molar-refractivity contribution in [1.29, 1.82) is 0 Å². The zero-order chi connectivity index (χ0) is 18.3. The predicted molar refractivity (Wildman–Crippen MR) is 105 cm³/mol. The molecule has 0 saturated carbocycles. The zero-order valence-electron chi connectivity index (χ0n) is 14.9. The number of hydrazone groups is 1. The second-order valence-electron chi connectivity index (χ2n) is 6.74. The summed E-state index contributed by atoms with van der Waals surface area (Å²) in [5.41, 5.74) is 4.56. The second kappa shape index (κ2) is 6.88. The first-order valence-electron chi connectivity index (χ1n) is 8.95. The van der Waals surface area contributed by atoms with E-state index in [-0.39, 0.29) is 17.9 Å². The van der Waals surface area contributed by atoms with Crippen LogP contribution in [0.5, 0.6) is 5.75 Å². The van der Waals surface area contributed by atoms with E-state index in [0.717, 1.165) is 39.9 Å². The Morgan fingerprint density at radius 2 is 2.04 bits per heavy atom. The van der Waals surface area contributed by atoms with Gasteiger partial charge in [-0.05, 0) is 54.3 Å². The Morgan fingerprint density at radius 1 is 1.27 bits per heavy atom. The van der Waals surface area contributed by atoms with Crippen LogP contribution in [0.4, 0.5) is 0 Å². The van der Waals surface area contributed by atoms with Crippen LogP contribution in [0.15, 0.2) is 52.0 Å². The van der Waals surface area contributed by atoms with Gasteiger partial charge in [-0.3, -0.25) is 4.79 Å². The Balaban J connectivity index is 1.78. The molecule has 2 aliphatic rings. The maximum Gasteiger partial charge on any atom is 0.242 e. The van der Waals surface area contributed by atoms with E-state index < -0.39 is 0 Å². The van der Waals surface area contributed by atoms with Gasteiger partial charge in [0.05, 0.1) is 18.9 Å². The molecule has 1 heterocycles. The molecule has 26 heavy (non-hydrogen) atoms. The number of nitrogens with zero attached hydrogens (tertiary/aromatic N) is 2. The molecule has 0 spiro atoms. The summed E-state index contributed by atoms with van der Waals surface area (Å²) < 4.78 is 6.40. The van der Waals surface area contributed by atoms with Crippen molar-refractivity contribution in [2.45, 2.75) is 32.2 Å². The molecule has 0 bridgehead atoms. The molecule has 2 aromatic carbocycles. The standard InChI is InChI=1S/C21H21BrN2O2/c1-3-19(25)24-21(13-4-7-15(22)8-5-13)18-10-6-14-12-16(26-2)9-11-17(14)20(18)23-24/h4-5,7-9,11-12,18,21H,3,6,10H2,1-2H3. The Hall–Kier alpha value is -2.14. The van der Waals surface area contributed by atoms with Crippen molar-refractivity contribution in [2.24, 2.45) is 11.0 Å². The molecule has 1 aliphatic heterocycles. The average Bonchev–Trinajstić information content (AvgIpc) is 3.07. The second-order valence-corrected chi connectivity index (χ2v) is 7.66. The highest BCUT2D eigenvalue weighted by Crippen LogP contribution is 2.44. The molecule has 1 amide bonds. The van der Waals surface area contributed by atoms with Crippen LogP contribution in [-0.4, -0.2) is 23.7 Å². The molecule has 5 heteroatoms. The average molecular weight is 413 g/mol. The molecular weight excluding hydrogens is 392 g/mol. The number of fused-ring (bicyclic) bond motifs is 3. The number of halogens is 1. The van der Waals surface area contributed by atoms with Crippen LogP contribution in [0.1, 0.15) is 42.5 Å². The lowest BCUT2D eigenvalue weighted by molar-refractivity contribution is -0.133. The molecule has 0 saturated heterocycles. The first-order chi connectivity index (χ1) is 12.6. The van der Waals surface area contributed by atoms with E-state index in [1.807, 2.05) is 25.1 Å². The Labute approximate surface area is 162 Å². The fourth-order valence-electron chi connectivity index (χ4n) is 3.99. The minimum Gasteiger partial charge on any atom is -0.497 e. The molecule has 4 nitrogen and oxygen atoms in total. The molecular formula is C21H21BrN2O2. The highest BCUT2D eigenvalue weighted by molar-refractivity contribution is 9.10. The van der Waals surface area contributed by atoms with Gasteiger partial charge in [0.15, 0.2) is 0 Å². The van der Waals surface area contributed by atoms with Crippen molar-refractivity contribution in [3.8, 4) is 5.75 Å². The highest BCUT2D eigenvalue weighted by Gasteiger charge is 2.43. The predicted octanol–water partition coefficient (Wildman–Crippen LogP) is 4.72. The number of benzene rings is 2. The third-order valence-corrected chi connectivity index (χ3v) is 5.82. The number of carbonyl (C=O) groups excluding carboxylic acids is 1. The van der Waals surface area contributed by atoms with Crippen LogP contribution in [0, 0.1) is 5.92 Å². The summed E-state index contributed by atoms with van der Waals surface area (Å²) in [5, 5.41) is 6.52. The minimum atomic E-state index is -0.0270. The van der Waals surface area contributed by atoms with E-state index in [4.69, 9.17) is 9.84 Å². The molecule has 0 fully saturated rings. The van der Waals surface area contributed by atoms with E-state index in [0.29, 0.717) is 6.42 Å². The molecule has 2 aromatic rings. The van der Waals surface area contributed by atoms with Gasteiger partial charge in [0, 0.05) is 22.4 Å². The summed E-state index contributed by atoms with van der Waals surface area (Å²) in [6, 6.07) is 14.4. The van der Waals surface area contributed by atoms with Gasteiger partial charge in [0.2, 0.25) is 5.91 Å². The van der Waals surface area contributed by atoms with Gasteiger partial charge in [-0.2, -0.15) is 5.10 Å². The Morgan fingerprint density at radius 3 is 2.73 bits per heavy atom. The van der Waals surface area contributed by atoms with Gasteiger partial charge >= 0.3 is 0 Å². The van der Waals surface area contributed by atoms with Gasteiger partial charge < -0.3 is 4.74 Å².